The molecular formula is C14H16N4O. The third kappa shape index (κ3) is 2.07. The largest absolute Gasteiger partial charge is 0.475 e. The van der Waals surface area contributed by atoms with E-state index in [1.165, 1.54) is 0 Å². The first-order valence-corrected chi connectivity index (χ1v) is 6.24. The van der Waals surface area contributed by atoms with E-state index in [1.807, 2.05) is 38.2 Å². The Morgan fingerprint density at radius 3 is 2.47 bits per heavy atom. The van der Waals surface area contributed by atoms with Crippen LogP contribution in [0.3, 0.4) is 0 Å². The summed E-state index contributed by atoms with van der Waals surface area (Å²) in [4.78, 5) is 4.44. The van der Waals surface area contributed by atoms with E-state index in [0.717, 1.165) is 22.6 Å². The van der Waals surface area contributed by atoms with Crippen LogP contribution in [0.25, 0.3) is 11.1 Å². The van der Waals surface area contributed by atoms with E-state index >= 15 is 0 Å². The number of aliphatic imine (C=N–C) groups is 1. The molecule has 0 saturated carbocycles. The van der Waals surface area contributed by atoms with Gasteiger partial charge < -0.3 is 10.5 Å². The fourth-order valence-corrected chi connectivity index (χ4v) is 2.09. The average molecular weight is 256 g/mol. The van der Waals surface area contributed by atoms with E-state index < -0.39 is 0 Å². The lowest BCUT2D eigenvalue weighted by atomic mass is 10.1. The molecule has 98 valence electrons. The molecule has 19 heavy (non-hydrogen) atoms. The van der Waals surface area contributed by atoms with E-state index in [9.17, 15) is 0 Å². The molecule has 0 saturated heterocycles. The Hall–Kier alpha value is -2.30. The highest BCUT2D eigenvalue weighted by molar-refractivity contribution is 5.95. The van der Waals surface area contributed by atoms with Gasteiger partial charge in [0.05, 0.1) is 12.2 Å². The fraction of sp³-hybridized carbons (Fsp3) is 0.286. The van der Waals surface area contributed by atoms with Crippen LogP contribution in [0.1, 0.15) is 12.5 Å². The van der Waals surface area contributed by atoms with Crippen LogP contribution in [0.15, 0.2) is 35.5 Å². The first kappa shape index (κ1) is 11.8. The van der Waals surface area contributed by atoms with E-state index in [1.54, 1.807) is 10.9 Å². The summed E-state index contributed by atoms with van der Waals surface area (Å²) in [5, 5.41) is 4.15. The lowest BCUT2D eigenvalue weighted by Gasteiger charge is -2.04. The highest BCUT2D eigenvalue weighted by atomic mass is 16.5. The van der Waals surface area contributed by atoms with Crippen LogP contribution in [0.2, 0.25) is 0 Å². The molecule has 3 rings (SSSR count). The second-order valence-corrected chi connectivity index (χ2v) is 4.74. The Bertz CT molecular complexity index is 627. The molecule has 0 spiro atoms. The first-order valence-electron chi connectivity index (χ1n) is 6.24. The van der Waals surface area contributed by atoms with Crippen molar-refractivity contribution in [1.29, 1.82) is 0 Å². The van der Waals surface area contributed by atoms with Gasteiger partial charge in [-0.2, -0.15) is 5.10 Å². The number of nitrogens with two attached hydrogens (primary N) is 1. The molecule has 1 aliphatic rings. The molecule has 1 unspecified atom stereocenters. The van der Waals surface area contributed by atoms with Crippen molar-refractivity contribution < 1.29 is 4.74 Å². The molecule has 1 aliphatic heterocycles. The first-order chi connectivity index (χ1) is 9.15. The maximum atomic E-state index is 5.97. The average Bonchev–Trinajstić information content (AvgIpc) is 2.98. The van der Waals surface area contributed by atoms with Gasteiger partial charge >= 0.3 is 0 Å². The Labute approximate surface area is 111 Å². The minimum atomic E-state index is 0.239. The molecule has 1 aromatic heterocycles. The van der Waals surface area contributed by atoms with Crippen molar-refractivity contribution in [2.75, 3.05) is 12.3 Å². The number of hydrogen-bond donors (Lipinski definition) is 1. The van der Waals surface area contributed by atoms with Gasteiger partial charge in [0.2, 0.25) is 5.90 Å². The lowest BCUT2D eigenvalue weighted by molar-refractivity contribution is 0.324. The van der Waals surface area contributed by atoms with Crippen LogP contribution < -0.4 is 5.73 Å². The molecule has 0 radical (unpaired) electrons. The molecule has 0 amide bonds. The number of aryl methyl sites for hydroxylation is 1. The summed E-state index contributed by atoms with van der Waals surface area (Å²) < 4.78 is 7.20. The molecule has 2 N–H and O–H groups in total. The van der Waals surface area contributed by atoms with Crippen molar-refractivity contribution in [1.82, 2.24) is 9.78 Å². The summed E-state index contributed by atoms with van der Waals surface area (Å²) in [6.45, 7) is 2.70. The number of hydrogen-bond acceptors (Lipinski definition) is 4. The SMILES string of the molecule is CC1COC(c2ccc(-c3cnn(C)c3N)cc2)=N1. The summed E-state index contributed by atoms with van der Waals surface area (Å²) in [6.07, 6.45) is 1.77. The molecule has 0 fully saturated rings. The third-order valence-electron chi connectivity index (χ3n) is 3.23. The highest BCUT2D eigenvalue weighted by Crippen LogP contribution is 2.25. The van der Waals surface area contributed by atoms with Crippen LogP contribution in [0.5, 0.6) is 0 Å². The second-order valence-electron chi connectivity index (χ2n) is 4.74. The summed E-state index contributed by atoms with van der Waals surface area (Å²) in [5.41, 5.74) is 8.94. The van der Waals surface area contributed by atoms with Gasteiger partial charge in [-0.15, -0.1) is 0 Å². The molecule has 2 heterocycles. The van der Waals surface area contributed by atoms with Gasteiger partial charge in [-0.25, -0.2) is 4.99 Å². The Kier molecular flexibility index (Phi) is 2.74. The van der Waals surface area contributed by atoms with E-state index in [4.69, 9.17) is 10.5 Å². The summed E-state index contributed by atoms with van der Waals surface area (Å²) in [6, 6.07) is 8.26. The predicted octanol–water partition coefficient (Wildman–Crippen LogP) is 1.83. The van der Waals surface area contributed by atoms with Crippen LogP contribution in [-0.2, 0) is 11.8 Å². The number of nitrogens with zero attached hydrogens (tertiary/aromatic N) is 3. The van der Waals surface area contributed by atoms with Gasteiger partial charge in [-0.3, -0.25) is 4.68 Å². The van der Waals surface area contributed by atoms with Crippen LogP contribution in [-0.4, -0.2) is 28.3 Å². The molecule has 5 nitrogen and oxygen atoms in total. The van der Waals surface area contributed by atoms with Gasteiger partial charge in [0.15, 0.2) is 0 Å². The summed E-state index contributed by atoms with van der Waals surface area (Å²) >= 11 is 0. The van der Waals surface area contributed by atoms with Gasteiger partial charge in [-0.05, 0) is 24.6 Å². The van der Waals surface area contributed by atoms with Crippen LogP contribution in [0, 0.1) is 0 Å². The van der Waals surface area contributed by atoms with Gasteiger partial charge in [-0.1, -0.05) is 12.1 Å². The number of nitrogen functional groups attached to an aromatic ring is 1. The number of rotatable bonds is 2. The molecule has 1 atom stereocenters. The Morgan fingerprint density at radius 1 is 1.26 bits per heavy atom. The highest BCUT2D eigenvalue weighted by Gasteiger charge is 2.16. The van der Waals surface area contributed by atoms with Gasteiger partial charge in [0.1, 0.15) is 12.4 Å². The lowest BCUT2D eigenvalue weighted by Crippen LogP contribution is -2.02. The second kappa shape index (κ2) is 4.42. The van der Waals surface area contributed by atoms with Crippen molar-refractivity contribution >= 4 is 11.7 Å². The normalized spacial score (nSPS) is 18.2. The molecule has 0 bridgehead atoms. The quantitative estimate of drug-likeness (QED) is 0.891. The minimum absolute atomic E-state index is 0.239. The maximum absolute atomic E-state index is 5.97. The summed E-state index contributed by atoms with van der Waals surface area (Å²) in [7, 11) is 1.83. The van der Waals surface area contributed by atoms with Gasteiger partial charge in [0, 0.05) is 18.2 Å². The smallest absolute Gasteiger partial charge is 0.216 e. The van der Waals surface area contributed by atoms with E-state index in [-0.39, 0.29) is 6.04 Å². The molecule has 1 aromatic carbocycles. The van der Waals surface area contributed by atoms with E-state index in [2.05, 4.69) is 10.1 Å². The van der Waals surface area contributed by atoms with Crippen molar-refractivity contribution in [2.45, 2.75) is 13.0 Å². The van der Waals surface area contributed by atoms with E-state index in [0.29, 0.717) is 12.4 Å². The molecule has 5 heteroatoms. The predicted molar refractivity (Wildman–Crippen MR) is 75.0 cm³/mol. The monoisotopic (exact) mass is 256 g/mol. The van der Waals surface area contributed by atoms with Crippen molar-refractivity contribution in [3.63, 3.8) is 0 Å². The standard InChI is InChI=1S/C14H16N4O/c1-9-8-19-14(17-9)11-5-3-10(4-6-11)12-7-16-18(2)13(12)15/h3-7,9H,8,15H2,1-2H3. The summed E-state index contributed by atoms with van der Waals surface area (Å²) in [5.74, 6) is 1.38. The zero-order valence-electron chi connectivity index (χ0n) is 11.0. The Morgan fingerprint density at radius 2 is 1.95 bits per heavy atom. The Balaban J connectivity index is 1.91. The van der Waals surface area contributed by atoms with Crippen molar-refractivity contribution in [3.8, 4) is 11.1 Å². The van der Waals surface area contributed by atoms with Crippen molar-refractivity contribution in [3.05, 3.63) is 36.0 Å². The molecule has 2 aromatic rings. The van der Waals surface area contributed by atoms with Gasteiger partial charge in [0.25, 0.3) is 0 Å². The number of ether oxygens (including phenoxy) is 1. The third-order valence-corrected chi connectivity index (χ3v) is 3.23. The number of benzene rings is 1. The topological polar surface area (TPSA) is 65.4 Å². The van der Waals surface area contributed by atoms with Crippen LogP contribution >= 0.6 is 0 Å². The molecule has 0 aliphatic carbocycles. The molecular weight excluding hydrogens is 240 g/mol. The zero-order valence-corrected chi connectivity index (χ0v) is 11.0. The fourth-order valence-electron chi connectivity index (χ4n) is 2.09. The minimum Gasteiger partial charge on any atom is -0.475 e. The zero-order chi connectivity index (χ0) is 13.4. The number of aromatic nitrogens is 2. The van der Waals surface area contributed by atoms with Crippen LogP contribution in [0.4, 0.5) is 5.82 Å². The maximum Gasteiger partial charge on any atom is 0.216 e. The van der Waals surface area contributed by atoms with Crippen molar-refractivity contribution in [2.24, 2.45) is 12.0 Å². The number of anilines is 1.